The van der Waals surface area contributed by atoms with E-state index in [4.69, 9.17) is 5.73 Å². The van der Waals surface area contributed by atoms with Crippen molar-refractivity contribution in [2.45, 2.75) is 25.3 Å². The van der Waals surface area contributed by atoms with E-state index in [-0.39, 0.29) is 12.2 Å². The maximum absolute atomic E-state index is 11.8. The van der Waals surface area contributed by atoms with Gasteiger partial charge in [0.15, 0.2) is 0 Å². The highest BCUT2D eigenvalue weighted by atomic mass is 19.3. The summed E-state index contributed by atoms with van der Waals surface area (Å²) in [6.07, 6.45) is -2.31. The quantitative estimate of drug-likeness (QED) is 0.623. The van der Waals surface area contributed by atoms with Crippen molar-refractivity contribution in [1.82, 2.24) is 0 Å². The second-order valence-corrected chi connectivity index (χ2v) is 2.74. The Labute approximate surface area is 57.4 Å². The van der Waals surface area contributed by atoms with E-state index in [1.54, 1.807) is 0 Å². The molecule has 1 rings (SSSR count). The van der Waals surface area contributed by atoms with Crippen LogP contribution in [0.2, 0.25) is 0 Å². The second kappa shape index (κ2) is 1.99. The number of carbonyl (C=O) groups is 1. The first-order valence-corrected chi connectivity index (χ1v) is 3.06. The van der Waals surface area contributed by atoms with Crippen molar-refractivity contribution >= 4 is 5.78 Å². The van der Waals surface area contributed by atoms with E-state index >= 15 is 0 Å². The molecule has 10 heavy (non-hydrogen) atoms. The van der Waals surface area contributed by atoms with E-state index in [2.05, 4.69) is 0 Å². The molecule has 2 atom stereocenters. The van der Waals surface area contributed by atoms with Gasteiger partial charge < -0.3 is 5.73 Å². The number of carbonyl (C=O) groups excluding carboxylic acids is 1. The molecule has 0 aromatic carbocycles. The minimum atomic E-state index is -2.45. The fourth-order valence-corrected chi connectivity index (χ4v) is 1.02. The summed E-state index contributed by atoms with van der Waals surface area (Å²) in [5.41, 5.74) is 4.10. The molecule has 0 spiro atoms. The summed E-state index contributed by atoms with van der Waals surface area (Å²) in [7, 11) is 0. The molecule has 2 N–H and O–H groups in total. The van der Waals surface area contributed by atoms with Gasteiger partial charge >= 0.3 is 0 Å². The van der Waals surface area contributed by atoms with E-state index in [0.717, 1.165) is 0 Å². The molecular formula is C6H9F2NO. The Morgan fingerprint density at radius 1 is 1.80 bits per heavy atom. The highest BCUT2D eigenvalue weighted by Gasteiger charge is 2.59. The van der Waals surface area contributed by atoms with Crippen LogP contribution in [0.5, 0.6) is 0 Å². The molecule has 1 fully saturated rings. The van der Waals surface area contributed by atoms with Crippen molar-refractivity contribution in [3.05, 3.63) is 0 Å². The lowest BCUT2D eigenvalue weighted by molar-refractivity contribution is -0.120. The SMILES string of the molecule is CC(=O)[C@@]1(N)CC1C(F)F. The maximum atomic E-state index is 11.8. The van der Waals surface area contributed by atoms with Gasteiger partial charge in [0.25, 0.3) is 0 Å². The van der Waals surface area contributed by atoms with Crippen LogP contribution >= 0.6 is 0 Å². The molecule has 0 bridgehead atoms. The van der Waals surface area contributed by atoms with Crippen LogP contribution in [-0.4, -0.2) is 17.7 Å². The van der Waals surface area contributed by atoms with Gasteiger partial charge in [0, 0.05) is 5.92 Å². The molecular weight excluding hydrogens is 140 g/mol. The van der Waals surface area contributed by atoms with Crippen LogP contribution in [0.3, 0.4) is 0 Å². The first kappa shape index (κ1) is 7.60. The number of rotatable bonds is 2. The van der Waals surface area contributed by atoms with Crippen molar-refractivity contribution in [2.75, 3.05) is 0 Å². The van der Waals surface area contributed by atoms with E-state index < -0.39 is 17.9 Å². The average molecular weight is 149 g/mol. The summed E-state index contributed by atoms with van der Waals surface area (Å²) >= 11 is 0. The minimum absolute atomic E-state index is 0.139. The second-order valence-electron chi connectivity index (χ2n) is 2.74. The van der Waals surface area contributed by atoms with Crippen molar-refractivity contribution < 1.29 is 13.6 Å². The van der Waals surface area contributed by atoms with Gasteiger partial charge in [-0.1, -0.05) is 0 Å². The third-order valence-corrected chi connectivity index (χ3v) is 2.02. The normalized spacial score (nSPS) is 38.3. The molecule has 0 aliphatic heterocycles. The monoisotopic (exact) mass is 149 g/mol. The van der Waals surface area contributed by atoms with E-state index in [0.29, 0.717) is 0 Å². The Kier molecular flexibility index (Phi) is 1.51. The number of nitrogens with two attached hydrogens (primary N) is 1. The molecule has 1 aliphatic rings. The van der Waals surface area contributed by atoms with E-state index in [1.807, 2.05) is 0 Å². The van der Waals surface area contributed by atoms with Crippen LogP contribution in [0.4, 0.5) is 8.78 Å². The Morgan fingerprint density at radius 2 is 2.30 bits per heavy atom. The van der Waals surface area contributed by atoms with Crippen molar-refractivity contribution in [1.29, 1.82) is 0 Å². The summed E-state index contributed by atoms with van der Waals surface area (Å²) in [4.78, 5) is 10.6. The van der Waals surface area contributed by atoms with Crippen LogP contribution < -0.4 is 5.73 Å². The predicted octanol–water partition coefficient (Wildman–Crippen LogP) is 0.558. The minimum Gasteiger partial charge on any atom is -0.319 e. The molecule has 0 radical (unpaired) electrons. The number of ketones is 1. The number of halogens is 2. The zero-order valence-electron chi connectivity index (χ0n) is 5.60. The largest absolute Gasteiger partial charge is 0.319 e. The molecule has 0 heterocycles. The number of Topliss-reactive ketones (excluding diaryl/α,β-unsaturated/α-hetero) is 1. The smallest absolute Gasteiger partial charge is 0.243 e. The zero-order valence-corrected chi connectivity index (χ0v) is 5.60. The van der Waals surface area contributed by atoms with Gasteiger partial charge in [-0.15, -0.1) is 0 Å². The average Bonchev–Trinajstić information content (AvgIpc) is 2.43. The lowest BCUT2D eigenvalue weighted by Crippen LogP contribution is -2.34. The van der Waals surface area contributed by atoms with Gasteiger partial charge in [-0.05, 0) is 13.3 Å². The molecule has 1 aliphatic carbocycles. The van der Waals surface area contributed by atoms with E-state index in [9.17, 15) is 13.6 Å². The highest BCUT2D eigenvalue weighted by Crippen LogP contribution is 2.45. The number of hydrogen-bond donors (Lipinski definition) is 1. The predicted molar refractivity (Wildman–Crippen MR) is 31.7 cm³/mol. The van der Waals surface area contributed by atoms with Crippen LogP contribution in [-0.2, 0) is 4.79 Å². The molecule has 0 aromatic rings. The highest BCUT2D eigenvalue weighted by molar-refractivity contribution is 5.89. The standard InChI is InChI=1S/C6H9F2NO/c1-3(10)6(9)2-4(6)5(7)8/h4-5H,2,9H2,1H3/t4?,6-/m0/s1. The van der Waals surface area contributed by atoms with Crippen molar-refractivity contribution in [2.24, 2.45) is 11.7 Å². The summed E-state index contributed by atoms with van der Waals surface area (Å²) in [6, 6.07) is 0. The summed E-state index contributed by atoms with van der Waals surface area (Å²) in [5.74, 6) is -1.23. The fourth-order valence-electron chi connectivity index (χ4n) is 1.02. The lowest BCUT2D eigenvalue weighted by atomic mass is 10.1. The Morgan fingerprint density at radius 3 is 2.40 bits per heavy atom. The van der Waals surface area contributed by atoms with Gasteiger partial charge in [0.05, 0.1) is 5.54 Å². The molecule has 0 saturated heterocycles. The third kappa shape index (κ3) is 0.923. The summed E-state index contributed by atoms with van der Waals surface area (Å²) in [5, 5.41) is 0. The van der Waals surface area contributed by atoms with Crippen LogP contribution in [0.1, 0.15) is 13.3 Å². The fraction of sp³-hybridized carbons (Fsp3) is 0.833. The Hall–Kier alpha value is -0.510. The molecule has 58 valence electrons. The summed E-state index contributed by atoms with van der Waals surface area (Å²) in [6.45, 7) is 1.25. The van der Waals surface area contributed by atoms with Crippen molar-refractivity contribution in [3.63, 3.8) is 0 Å². The molecule has 4 heteroatoms. The summed E-state index contributed by atoms with van der Waals surface area (Å²) < 4.78 is 23.7. The number of hydrogen-bond acceptors (Lipinski definition) is 2. The van der Waals surface area contributed by atoms with Gasteiger partial charge in [0.1, 0.15) is 5.78 Å². The number of alkyl halides is 2. The topological polar surface area (TPSA) is 43.1 Å². The van der Waals surface area contributed by atoms with Crippen LogP contribution in [0.15, 0.2) is 0 Å². The third-order valence-electron chi connectivity index (χ3n) is 2.02. The van der Waals surface area contributed by atoms with Gasteiger partial charge in [-0.3, -0.25) is 4.79 Å². The van der Waals surface area contributed by atoms with Crippen molar-refractivity contribution in [3.8, 4) is 0 Å². The lowest BCUT2D eigenvalue weighted by Gasteiger charge is -2.04. The van der Waals surface area contributed by atoms with Gasteiger partial charge in [-0.25, -0.2) is 8.78 Å². The van der Waals surface area contributed by atoms with E-state index in [1.165, 1.54) is 6.92 Å². The molecule has 0 aromatic heterocycles. The Bertz CT molecular complexity index is 171. The molecule has 1 saturated carbocycles. The van der Waals surface area contributed by atoms with Crippen LogP contribution in [0.25, 0.3) is 0 Å². The molecule has 1 unspecified atom stereocenters. The maximum Gasteiger partial charge on any atom is 0.243 e. The first-order valence-electron chi connectivity index (χ1n) is 3.06. The Balaban J connectivity index is 2.56. The first-order chi connectivity index (χ1) is 4.48. The zero-order chi connectivity index (χ0) is 7.94. The molecule has 0 amide bonds. The molecule has 2 nitrogen and oxygen atoms in total. The van der Waals surface area contributed by atoms with Crippen LogP contribution in [0, 0.1) is 5.92 Å². The van der Waals surface area contributed by atoms with Gasteiger partial charge in [-0.2, -0.15) is 0 Å². The van der Waals surface area contributed by atoms with Gasteiger partial charge in [0.2, 0.25) is 6.43 Å².